The van der Waals surface area contributed by atoms with Gasteiger partial charge >= 0.3 is 0 Å². The van der Waals surface area contributed by atoms with E-state index in [1.807, 2.05) is 11.8 Å². The monoisotopic (exact) mass is 296 g/mol. The molecule has 3 rings (SSSR count). The Morgan fingerprint density at radius 1 is 1.25 bits per heavy atom. The van der Waals surface area contributed by atoms with Crippen LogP contribution in [0.2, 0.25) is 0 Å². The average Bonchev–Trinajstić information content (AvgIpc) is 2.42. The quantitative estimate of drug-likeness (QED) is 0.803. The van der Waals surface area contributed by atoms with Gasteiger partial charge in [0.2, 0.25) is 0 Å². The van der Waals surface area contributed by atoms with Crippen molar-refractivity contribution < 1.29 is 4.74 Å². The lowest BCUT2D eigenvalue weighted by molar-refractivity contribution is -0.0603. The van der Waals surface area contributed by atoms with E-state index in [9.17, 15) is 0 Å². The van der Waals surface area contributed by atoms with Crippen molar-refractivity contribution >= 4 is 16.9 Å². The lowest BCUT2D eigenvalue weighted by Crippen LogP contribution is -2.46. The van der Waals surface area contributed by atoms with Crippen molar-refractivity contribution in [3.05, 3.63) is 0 Å². The lowest BCUT2D eigenvalue weighted by atomic mass is 9.75. The summed E-state index contributed by atoms with van der Waals surface area (Å²) >= 11 is 1.96. The van der Waals surface area contributed by atoms with Crippen molar-refractivity contribution in [1.82, 2.24) is 5.32 Å². The van der Waals surface area contributed by atoms with E-state index in [1.54, 1.807) is 0 Å². The molecule has 3 aliphatic rings. The van der Waals surface area contributed by atoms with Crippen molar-refractivity contribution in [3.8, 4) is 0 Å². The molecular weight excluding hydrogens is 268 g/mol. The number of thioether (sulfide) groups is 1. The van der Waals surface area contributed by atoms with E-state index in [4.69, 9.17) is 9.73 Å². The van der Waals surface area contributed by atoms with Crippen LogP contribution in [-0.4, -0.2) is 35.7 Å². The van der Waals surface area contributed by atoms with Crippen molar-refractivity contribution in [3.63, 3.8) is 0 Å². The van der Waals surface area contributed by atoms with Crippen molar-refractivity contribution in [2.24, 2.45) is 10.4 Å². The fourth-order valence-corrected chi connectivity index (χ4v) is 5.00. The normalized spacial score (nSPS) is 32.7. The van der Waals surface area contributed by atoms with Gasteiger partial charge in [-0.05, 0) is 44.9 Å². The van der Waals surface area contributed by atoms with E-state index >= 15 is 0 Å². The van der Waals surface area contributed by atoms with Gasteiger partial charge in [0.25, 0.3) is 0 Å². The largest absolute Gasteiger partial charge is 0.375 e. The second-order valence-corrected chi connectivity index (χ2v) is 8.38. The highest BCUT2D eigenvalue weighted by atomic mass is 32.2. The molecule has 0 aromatic rings. The topological polar surface area (TPSA) is 33.6 Å². The number of nitrogens with one attached hydrogen (secondary N) is 1. The van der Waals surface area contributed by atoms with Crippen LogP contribution in [0.1, 0.15) is 58.8 Å². The molecule has 2 heterocycles. The van der Waals surface area contributed by atoms with E-state index < -0.39 is 0 Å². The Bertz CT molecular complexity index is 375. The average molecular weight is 296 g/mol. The van der Waals surface area contributed by atoms with Gasteiger partial charge in [0.15, 0.2) is 5.17 Å². The summed E-state index contributed by atoms with van der Waals surface area (Å²) in [5.41, 5.74) is 0.545. The number of hydrogen-bond acceptors (Lipinski definition) is 4. The van der Waals surface area contributed by atoms with Crippen LogP contribution in [0.15, 0.2) is 4.99 Å². The number of amidine groups is 1. The van der Waals surface area contributed by atoms with Crippen LogP contribution in [-0.2, 0) is 4.74 Å². The van der Waals surface area contributed by atoms with Crippen LogP contribution < -0.4 is 5.32 Å². The highest BCUT2D eigenvalue weighted by molar-refractivity contribution is 8.13. The minimum atomic E-state index is 0.0143. The molecule has 2 fully saturated rings. The van der Waals surface area contributed by atoms with Crippen LogP contribution >= 0.6 is 11.8 Å². The second kappa shape index (κ2) is 5.88. The first-order chi connectivity index (χ1) is 9.57. The number of nitrogens with zero attached hydrogens (tertiary/aromatic N) is 1. The van der Waals surface area contributed by atoms with Crippen molar-refractivity contribution in [2.45, 2.75) is 70.4 Å². The molecule has 0 bridgehead atoms. The number of hydrogen-bond donors (Lipinski definition) is 1. The Morgan fingerprint density at radius 2 is 2.05 bits per heavy atom. The van der Waals surface area contributed by atoms with Gasteiger partial charge in [-0.2, -0.15) is 0 Å². The first-order valence-corrected chi connectivity index (χ1v) is 9.13. The summed E-state index contributed by atoms with van der Waals surface area (Å²) in [4.78, 5) is 4.88. The third-order valence-electron chi connectivity index (χ3n) is 5.01. The van der Waals surface area contributed by atoms with Crippen molar-refractivity contribution in [2.75, 3.05) is 18.9 Å². The molecule has 114 valence electrons. The van der Waals surface area contributed by atoms with E-state index in [2.05, 4.69) is 19.2 Å². The molecule has 20 heavy (non-hydrogen) atoms. The number of ether oxygens (including phenoxy) is 1. The molecule has 3 nitrogen and oxygen atoms in total. The van der Waals surface area contributed by atoms with Gasteiger partial charge < -0.3 is 10.1 Å². The summed E-state index contributed by atoms with van der Waals surface area (Å²) in [6.45, 7) is 6.29. The fourth-order valence-electron chi connectivity index (χ4n) is 3.77. The van der Waals surface area contributed by atoms with Crippen LogP contribution in [0, 0.1) is 5.41 Å². The minimum absolute atomic E-state index is 0.0143. The van der Waals surface area contributed by atoms with Gasteiger partial charge in [0.1, 0.15) is 0 Å². The first kappa shape index (κ1) is 14.7. The Labute approximate surface area is 127 Å². The summed E-state index contributed by atoms with van der Waals surface area (Å²) in [5.74, 6) is 1.27. The van der Waals surface area contributed by atoms with Gasteiger partial charge in [-0.3, -0.25) is 4.99 Å². The van der Waals surface area contributed by atoms with Crippen LogP contribution in [0.4, 0.5) is 0 Å². The zero-order valence-electron chi connectivity index (χ0n) is 12.9. The zero-order valence-corrected chi connectivity index (χ0v) is 13.7. The predicted octanol–water partition coefficient (Wildman–Crippen LogP) is 3.59. The highest BCUT2D eigenvalue weighted by Crippen LogP contribution is 2.41. The molecule has 0 aromatic carbocycles. The molecule has 4 heteroatoms. The third-order valence-corrected chi connectivity index (χ3v) is 6.29. The highest BCUT2D eigenvalue weighted by Gasteiger charge is 2.36. The Hall–Kier alpha value is -0.220. The maximum atomic E-state index is 5.79. The molecule has 2 aliphatic heterocycles. The predicted molar refractivity (Wildman–Crippen MR) is 86.5 cm³/mol. The number of rotatable bonds is 1. The van der Waals surface area contributed by atoms with Gasteiger partial charge in [-0.15, -0.1) is 0 Å². The molecule has 1 saturated heterocycles. The Morgan fingerprint density at radius 3 is 2.70 bits per heavy atom. The summed E-state index contributed by atoms with van der Waals surface area (Å²) in [6, 6.07) is 0.533. The molecule has 1 unspecified atom stereocenters. The fraction of sp³-hybridized carbons (Fsp3) is 0.938. The maximum absolute atomic E-state index is 5.79. The summed E-state index contributed by atoms with van der Waals surface area (Å²) in [5, 5.41) is 4.85. The van der Waals surface area contributed by atoms with Crippen LogP contribution in [0.25, 0.3) is 0 Å². The molecule has 1 spiro atoms. The third kappa shape index (κ3) is 3.51. The summed E-state index contributed by atoms with van der Waals surface area (Å²) in [6.07, 6.45) is 9.21. The van der Waals surface area contributed by atoms with E-state index in [1.165, 1.54) is 43.0 Å². The van der Waals surface area contributed by atoms with Gasteiger partial charge in [0, 0.05) is 24.9 Å². The standard InChI is InChI=1S/C16H28N2OS/c1-15(2)10-13(6-9-19-15)18-14-17-11-16(12-20-14)7-4-3-5-8-16/h13H,3-12H2,1-2H3,(H,17,18). The van der Waals surface area contributed by atoms with Crippen molar-refractivity contribution in [1.29, 1.82) is 0 Å². The lowest BCUT2D eigenvalue weighted by Gasteiger charge is -2.40. The van der Waals surface area contributed by atoms with E-state index in [0.717, 1.165) is 26.0 Å². The molecule has 0 aromatic heterocycles. The van der Waals surface area contributed by atoms with Gasteiger partial charge in [0.05, 0.1) is 5.60 Å². The van der Waals surface area contributed by atoms with Gasteiger partial charge in [-0.25, -0.2) is 0 Å². The minimum Gasteiger partial charge on any atom is -0.375 e. The van der Waals surface area contributed by atoms with Gasteiger partial charge in [-0.1, -0.05) is 31.0 Å². The van der Waals surface area contributed by atoms with E-state index in [0.29, 0.717) is 11.5 Å². The molecule has 1 atom stereocenters. The zero-order chi connectivity index (χ0) is 14.1. The SMILES string of the molecule is CC1(C)CC(NC2=NCC3(CCCCC3)CS2)CCO1. The van der Waals surface area contributed by atoms with Crippen LogP contribution in [0.5, 0.6) is 0 Å². The molecular formula is C16H28N2OS. The maximum Gasteiger partial charge on any atom is 0.156 e. The number of aliphatic imine (C=N–C) groups is 1. The first-order valence-electron chi connectivity index (χ1n) is 8.15. The molecule has 1 aliphatic carbocycles. The molecule has 0 amide bonds. The smallest absolute Gasteiger partial charge is 0.156 e. The summed E-state index contributed by atoms with van der Waals surface area (Å²) < 4.78 is 5.79. The Balaban J connectivity index is 1.54. The second-order valence-electron chi connectivity index (χ2n) is 7.41. The molecule has 0 radical (unpaired) electrons. The summed E-state index contributed by atoms with van der Waals surface area (Å²) in [7, 11) is 0. The van der Waals surface area contributed by atoms with Crippen LogP contribution in [0.3, 0.4) is 0 Å². The molecule has 1 N–H and O–H groups in total. The Kier molecular flexibility index (Phi) is 4.32. The molecule has 1 saturated carbocycles. The van der Waals surface area contributed by atoms with E-state index in [-0.39, 0.29) is 5.60 Å².